The van der Waals surface area contributed by atoms with Crippen molar-refractivity contribution in [1.82, 2.24) is 0 Å². The van der Waals surface area contributed by atoms with E-state index in [1.165, 1.54) is 0 Å². The molecule has 0 amide bonds. The molecule has 0 saturated heterocycles. The summed E-state index contributed by atoms with van der Waals surface area (Å²) < 4.78 is 10.6. The van der Waals surface area contributed by atoms with Crippen molar-refractivity contribution in [3.8, 4) is 0 Å². The molecule has 0 aliphatic carbocycles. The molecular formula is C4H6Cl3OP. The van der Waals surface area contributed by atoms with Crippen molar-refractivity contribution in [3.05, 3.63) is 11.1 Å². The van der Waals surface area contributed by atoms with Crippen molar-refractivity contribution in [2.24, 2.45) is 0 Å². The molecule has 0 bridgehead atoms. The molecule has 0 rings (SSSR count). The third-order valence-corrected chi connectivity index (χ3v) is 2.61. The fourth-order valence-corrected chi connectivity index (χ4v) is 2.45. The maximum absolute atomic E-state index is 10.6. The van der Waals surface area contributed by atoms with Gasteiger partial charge in [0, 0.05) is 5.03 Å². The van der Waals surface area contributed by atoms with Gasteiger partial charge in [0.05, 0.1) is 6.16 Å². The Morgan fingerprint density at radius 2 is 2.11 bits per heavy atom. The van der Waals surface area contributed by atoms with E-state index in [0.717, 1.165) is 0 Å². The summed E-state index contributed by atoms with van der Waals surface area (Å²) in [7, 11) is 0. The van der Waals surface area contributed by atoms with E-state index in [2.05, 4.69) is 0 Å². The van der Waals surface area contributed by atoms with Crippen molar-refractivity contribution in [1.29, 1.82) is 0 Å². The standard InChI is InChI=1S/C4H6Cl3OP/c1-2-4(5)3-9(6,7)8/h2H,3H2,1H3/b4-2+. The SMILES string of the molecule is C/C=C(/Cl)CP(=O)(Cl)Cl. The van der Waals surface area contributed by atoms with Gasteiger partial charge in [-0.3, -0.25) is 4.57 Å². The van der Waals surface area contributed by atoms with E-state index in [1.807, 2.05) is 0 Å². The lowest BCUT2D eigenvalue weighted by Gasteiger charge is -1.97. The number of rotatable bonds is 2. The average molecular weight is 207 g/mol. The molecule has 5 heteroatoms. The van der Waals surface area contributed by atoms with E-state index in [1.54, 1.807) is 13.0 Å². The molecule has 0 aliphatic rings. The Labute approximate surface area is 68.9 Å². The first-order valence-electron chi connectivity index (χ1n) is 2.25. The second-order valence-corrected chi connectivity index (χ2v) is 7.20. The Kier molecular flexibility index (Phi) is 4.24. The molecule has 0 unspecified atom stereocenters. The first-order chi connectivity index (χ1) is 3.95. The lowest BCUT2D eigenvalue weighted by molar-refractivity contribution is 0.594. The summed E-state index contributed by atoms with van der Waals surface area (Å²) in [5, 5.41) is 0.434. The van der Waals surface area contributed by atoms with E-state index < -0.39 is 5.85 Å². The predicted octanol–water partition coefficient (Wildman–Crippen LogP) is 3.80. The maximum atomic E-state index is 10.6. The molecule has 0 spiro atoms. The normalized spacial score (nSPS) is 14.0. The molecule has 0 radical (unpaired) electrons. The Bertz CT molecular complexity index is 159. The number of hydrogen-bond donors (Lipinski definition) is 0. The van der Waals surface area contributed by atoms with Crippen molar-refractivity contribution in [2.75, 3.05) is 6.16 Å². The van der Waals surface area contributed by atoms with Crippen LogP contribution in [0.4, 0.5) is 0 Å². The van der Waals surface area contributed by atoms with Gasteiger partial charge in [0.2, 0.25) is 0 Å². The zero-order chi connectivity index (χ0) is 7.49. The largest absolute Gasteiger partial charge is 0.289 e. The molecule has 0 fully saturated rings. The molecule has 0 N–H and O–H groups in total. The predicted molar refractivity (Wildman–Crippen MR) is 43.8 cm³/mol. The van der Waals surface area contributed by atoms with Gasteiger partial charge >= 0.3 is 0 Å². The van der Waals surface area contributed by atoms with Crippen LogP contribution in [0.5, 0.6) is 0 Å². The molecule has 54 valence electrons. The van der Waals surface area contributed by atoms with Gasteiger partial charge in [0.25, 0.3) is 5.85 Å². The molecule has 1 nitrogen and oxygen atoms in total. The van der Waals surface area contributed by atoms with E-state index in [0.29, 0.717) is 5.03 Å². The summed E-state index contributed by atoms with van der Waals surface area (Å²) in [4.78, 5) is 0. The zero-order valence-corrected chi connectivity index (χ0v) is 7.94. The van der Waals surface area contributed by atoms with E-state index in [-0.39, 0.29) is 6.16 Å². The summed E-state index contributed by atoms with van der Waals surface area (Å²) in [6.45, 7) is 1.73. The quantitative estimate of drug-likeness (QED) is 0.630. The van der Waals surface area contributed by atoms with Crippen LogP contribution in [-0.2, 0) is 4.57 Å². The van der Waals surface area contributed by atoms with Gasteiger partial charge in [-0.05, 0) is 29.4 Å². The van der Waals surface area contributed by atoms with Gasteiger partial charge < -0.3 is 0 Å². The van der Waals surface area contributed by atoms with Crippen molar-refractivity contribution < 1.29 is 4.57 Å². The third-order valence-electron chi connectivity index (χ3n) is 0.648. The van der Waals surface area contributed by atoms with Gasteiger partial charge in [0.1, 0.15) is 0 Å². The highest BCUT2D eigenvalue weighted by atomic mass is 35.9. The van der Waals surface area contributed by atoms with Crippen LogP contribution >= 0.6 is 39.9 Å². The monoisotopic (exact) mass is 206 g/mol. The highest BCUT2D eigenvalue weighted by Gasteiger charge is 2.14. The van der Waals surface area contributed by atoms with Gasteiger partial charge in [-0.25, -0.2) is 0 Å². The minimum atomic E-state index is -2.99. The fourth-order valence-electron chi connectivity index (χ4n) is 0.267. The maximum Gasteiger partial charge on any atom is 0.258 e. The molecule has 0 aromatic carbocycles. The lowest BCUT2D eigenvalue weighted by atomic mass is 10.6. The van der Waals surface area contributed by atoms with Crippen LogP contribution in [0.1, 0.15) is 6.92 Å². The molecule has 0 saturated carbocycles. The number of hydrogen-bond acceptors (Lipinski definition) is 1. The van der Waals surface area contributed by atoms with Gasteiger partial charge in [-0.2, -0.15) is 0 Å². The Balaban J connectivity index is 3.90. The molecule has 0 heterocycles. The van der Waals surface area contributed by atoms with Crippen LogP contribution in [0, 0.1) is 0 Å². The second-order valence-electron chi connectivity index (χ2n) is 1.46. The Hall–Kier alpha value is 0.840. The fraction of sp³-hybridized carbons (Fsp3) is 0.500. The highest BCUT2D eigenvalue weighted by Crippen LogP contribution is 2.57. The minimum Gasteiger partial charge on any atom is -0.289 e. The van der Waals surface area contributed by atoms with Crippen LogP contribution in [0.3, 0.4) is 0 Å². The molecule has 0 aliphatic heterocycles. The highest BCUT2D eigenvalue weighted by molar-refractivity contribution is 8.08. The van der Waals surface area contributed by atoms with E-state index >= 15 is 0 Å². The van der Waals surface area contributed by atoms with Gasteiger partial charge in [-0.1, -0.05) is 17.7 Å². The first-order valence-corrected chi connectivity index (χ1v) is 6.33. The van der Waals surface area contributed by atoms with Crippen LogP contribution in [0.2, 0.25) is 0 Å². The molecular weight excluding hydrogens is 201 g/mol. The van der Waals surface area contributed by atoms with E-state index in [9.17, 15) is 4.57 Å². The summed E-state index contributed by atoms with van der Waals surface area (Å²) in [6, 6.07) is 0. The lowest BCUT2D eigenvalue weighted by Crippen LogP contribution is -1.75. The van der Waals surface area contributed by atoms with Gasteiger partial charge in [-0.15, -0.1) is 0 Å². The van der Waals surface area contributed by atoms with E-state index in [4.69, 9.17) is 34.1 Å². The third kappa shape index (κ3) is 6.73. The zero-order valence-electron chi connectivity index (χ0n) is 4.77. The molecule has 0 aromatic rings. The van der Waals surface area contributed by atoms with Crippen LogP contribution in [0.25, 0.3) is 0 Å². The molecule has 9 heavy (non-hydrogen) atoms. The number of allylic oxidation sites excluding steroid dienone is 2. The molecule has 0 aromatic heterocycles. The first kappa shape index (κ1) is 9.84. The van der Waals surface area contributed by atoms with Crippen molar-refractivity contribution in [3.63, 3.8) is 0 Å². The minimum absolute atomic E-state index is 0.0637. The van der Waals surface area contributed by atoms with Crippen LogP contribution < -0.4 is 0 Å². The summed E-state index contributed by atoms with van der Waals surface area (Å²) >= 11 is 15.9. The van der Waals surface area contributed by atoms with Crippen molar-refractivity contribution in [2.45, 2.75) is 6.92 Å². The van der Waals surface area contributed by atoms with Gasteiger partial charge in [0.15, 0.2) is 0 Å². The topological polar surface area (TPSA) is 17.1 Å². The van der Waals surface area contributed by atoms with Crippen LogP contribution in [0.15, 0.2) is 11.1 Å². The smallest absolute Gasteiger partial charge is 0.258 e. The average Bonchev–Trinajstić information content (AvgIpc) is 1.62. The number of halogens is 3. The Morgan fingerprint density at radius 1 is 1.67 bits per heavy atom. The summed E-state index contributed by atoms with van der Waals surface area (Å²) in [5.41, 5.74) is 0. The Morgan fingerprint density at radius 3 is 2.22 bits per heavy atom. The van der Waals surface area contributed by atoms with Crippen LogP contribution in [-0.4, -0.2) is 6.16 Å². The van der Waals surface area contributed by atoms with Crippen molar-refractivity contribution >= 4 is 39.9 Å². The molecule has 0 atom stereocenters. The summed E-state index contributed by atoms with van der Waals surface area (Å²) in [6.07, 6.45) is 1.67. The second kappa shape index (κ2) is 3.88. The summed E-state index contributed by atoms with van der Waals surface area (Å²) in [5.74, 6) is -2.99.